The maximum Gasteiger partial charge on any atom is 0.167 e. The van der Waals surface area contributed by atoms with Crippen molar-refractivity contribution in [1.29, 1.82) is 0 Å². The topological polar surface area (TPSA) is 0 Å². The third-order valence-electron chi connectivity index (χ3n) is 5.03. The Bertz CT molecular complexity index is 852. The number of aryl methyl sites for hydroxylation is 2. The number of benzene rings is 2. The summed E-state index contributed by atoms with van der Waals surface area (Å²) < 4.78 is 58.1. The van der Waals surface area contributed by atoms with Crippen LogP contribution in [-0.4, -0.2) is 0 Å². The molecule has 0 radical (unpaired) electrons. The second-order valence-electron chi connectivity index (χ2n) is 6.86. The third kappa shape index (κ3) is 3.17. The van der Waals surface area contributed by atoms with Crippen molar-refractivity contribution in [3.05, 3.63) is 70.3 Å². The first-order valence-electron chi connectivity index (χ1n) is 9.10. The predicted octanol–water partition coefficient (Wildman–Crippen LogP) is 6.67. The molecule has 0 heterocycles. The van der Waals surface area contributed by atoms with Gasteiger partial charge in [-0.2, -0.15) is 0 Å². The zero-order chi connectivity index (χ0) is 18.8. The summed E-state index contributed by atoms with van der Waals surface area (Å²) in [5.74, 6) is -4.07. The van der Waals surface area contributed by atoms with Gasteiger partial charge in [0.05, 0.1) is 0 Å². The molecule has 138 valence electrons. The van der Waals surface area contributed by atoms with Crippen LogP contribution in [0.3, 0.4) is 0 Å². The number of fused-ring (bicyclic) bond motifs is 3. The zero-order valence-corrected chi connectivity index (χ0v) is 14.9. The van der Waals surface area contributed by atoms with E-state index in [1.54, 1.807) is 18.2 Å². The maximum atomic E-state index is 14.7. The highest BCUT2D eigenvalue weighted by Crippen LogP contribution is 2.43. The van der Waals surface area contributed by atoms with Crippen LogP contribution in [-0.2, 0) is 19.3 Å². The van der Waals surface area contributed by atoms with Crippen LogP contribution in [0.4, 0.5) is 17.6 Å². The molecule has 3 rings (SSSR count). The molecular formula is C22H22F4. The van der Waals surface area contributed by atoms with Gasteiger partial charge in [0.15, 0.2) is 23.3 Å². The first-order valence-corrected chi connectivity index (χ1v) is 9.10. The minimum absolute atomic E-state index is 0.122. The lowest BCUT2D eigenvalue weighted by molar-refractivity contribution is 0.491. The van der Waals surface area contributed by atoms with E-state index in [2.05, 4.69) is 6.58 Å². The summed E-state index contributed by atoms with van der Waals surface area (Å²) in [5.41, 5.74) is 1.36. The van der Waals surface area contributed by atoms with Crippen molar-refractivity contribution in [3.63, 3.8) is 0 Å². The number of allylic oxidation sites excluding steroid dienone is 1. The van der Waals surface area contributed by atoms with E-state index >= 15 is 0 Å². The van der Waals surface area contributed by atoms with Crippen LogP contribution in [0.2, 0.25) is 0 Å². The maximum absolute atomic E-state index is 14.7. The summed E-state index contributed by atoms with van der Waals surface area (Å²) in [6.45, 7) is 5.63. The Morgan fingerprint density at radius 3 is 1.88 bits per heavy atom. The molecule has 0 bridgehead atoms. The Labute approximate surface area is 151 Å². The monoisotopic (exact) mass is 362 g/mol. The van der Waals surface area contributed by atoms with E-state index in [4.69, 9.17) is 0 Å². The van der Waals surface area contributed by atoms with Crippen LogP contribution in [0.1, 0.15) is 54.9 Å². The number of unbranched alkanes of at least 4 members (excludes halogenated alkanes) is 2. The minimum atomic E-state index is -1.09. The molecule has 2 aromatic carbocycles. The molecule has 0 saturated carbocycles. The summed E-state index contributed by atoms with van der Waals surface area (Å²) in [4.78, 5) is 0. The van der Waals surface area contributed by atoms with Crippen LogP contribution in [0.15, 0.2) is 24.8 Å². The smallest absolute Gasteiger partial charge is 0.167 e. The predicted molar refractivity (Wildman–Crippen MR) is 96.3 cm³/mol. The Morgan fingerprint density at radius 2 is 1.38 bits per heavy atom. The Hall–Kier alpha value is -2.10. The SMILES string of the molecule is C=CCCc1cc2c(c(F)c1F)-c1c(cc(CCCCC)c(F)c1F)C2. The van der Waals surface area contributed by atoms with Gasteiger partial charge in [-0.15, -0.1) is 6.58 Å². The van der Waals surface area contributed by atoms with Gasteiger partial charge in [-0.1, -0.05) is 38.0 Å². The second kappa shape index (κ2) is 7.65. The number of hydrogen-bond donors (Lipinski definition) is 0. The number of rotatable bonds is 7. The van der Waals surface area contributed by atoms with Crippen LogP contribution in [0.25, 0.3) is 11.1 Å². The summed E-state index contributed by atoms with van der Waals surface area (Å²) in [7, 11) is 0. The van der Waals surface area contributed by atoms with Gasteiger partial charge in [-0.05, 0) is 54.4 Å². The van der Waals surface area contributed by atoms with E-state index in [1.807, 2.05) is 6.92 Å². The van der Waals surface area contributed by atoms with E-state index in [0.29, 0.717) is 42.4 Å². The fourth-order valence-electron chi connectivity index (χ4n) is 3.69. The lowest BCUT2D eigenvalue weighted by Crippen LogP contribution is -2.01. The lowest BCUT2D eigenvalue weighted by Gasteiger charge is -2.11. The van der Waals surface area contributed by atoms with Crippen LogP contribution in [0.5, 0.6) is 0 Å². The minimum Gasteiger partial charge on any atom is -0.203 e. The van der Waals surface area contributed by atoms with Gasteiger partial charge in [-0.25, -0.2) is 17.6 Å². The van der Waals surface area contributed by atoms with Crippen molar-refractivity contribution in [3.8, 4) is 11.1 Å². The van der Waals surface area contributed by atoms with Crippen LogP contribution < -0.4 is 0 Å². The molecule has 0 aliphatic heterocycles. The normalized spacial score (nSPS) is 12.2. The number of hydrogen-bond acceptors (Lipinski definition) is 0. The molecule has 0 fully saturated rings. The van der Waals surface area contributed by atoms with Gasteiger partial charge >= 0.3 is 0 Å². The molecular weight excluding hydrogens is 340 g/mol. The molecule has 0 saturated heterocycles. The molecule has 1 aliphatic carbocycles. The Morgan fingerprint density at radius 1 is 0.846 bits per heavy atom. The molecule has 4 heteroatoms. The molecule has 1 aliphatic rings. The second-order valence-corrected chi connectivity index (χ2v) is 6.86. The van der Waals surface area contributed by atoms with Gasteiger partial charge in [-0.3, -0.25) is 0 Å². The van der Waals surface area contributed by atoms with Crippen molar-refractivity contribution < 1.29 is 17.6 Å². The quantitative estimate of drug-likeness (QED) is 0.250. The van der Waals surface area contributed by atoms with Crippen molar-refractivity contribution >= 4 is 0 Å². The standard InChI is InChI=1S/C22H22F4/c1-3-5-7-9-14-11-16-12-15-10-13(8-6-4-2)19(23)21(25)17(15)18(16)22(26)20(14)24/h4,10-11H,2-3,5-9,12H2,1H3. The van der Waals surface area contributed by atoms with E-state index < -0.39 is 23.3 Å². The van der Waals surface area contributed by atoms with Gasteiger partial charge in [0.1, 0.15) is 0 Å². The molecule has 0 unspecified atom stereocenters. The van der Waals surface area contributed by atoms with E-state index in [9.17, 15) is 17.6 Å². The third-order valence-corrected chi connectivity index (χ3v) is 5.03. The summed E-state index contributed by atoms with van der Waals surface area (Å²) in [6, 6.07) is 3.19. The van der Waals surface area contributed by atoms with Crippen molar-refractivity contribution in [2.45, 2.75) is 51.9 Å². The number of halogens is 4. The summed E-state index contributed by atoms with van der Waals surface area (Å²) in [5, 5.41) is 0. The molecule has 0 spiro atoms. The first-order chi connectivity index (χ1) is 12.5. The molecule has 0 amide bonds. The average molecular weight is 362 g/mol. The highest BCUT2D eigenvalue weighted by atomic mass is 19.2. The Balaban J connectivity index is 2.05. The van der Waals surface area contributed by atoms with Gasteiger partial charge in [0.2, 0.25) is 0 Å². The zero-order valence-electron chi connectivity index (χ0n) is 14.9. The first kappa shape index (κ1) is 18.7. The lowest BCUT2D eigenvalue weighted by atomic mass is 9.97. The van der Waals surface area contributed by atoms with Crippen LogP contribution in [0, 0.1) is 23.3 Å². The van der Waals surface area contributed by atoms with Gasteiger partial charge in [0, 0.05) is 11.1 Å². The van der Waals surface area contributed by atoms with E-state index in [-0.39, 0.29) is 16.7 Å². The highest BCUT2D eigenvalue weighted by molar-refractivity contribution is 5.79. The largest absolute Gasteiger partial charge is 0.203 e. The van der Waals surface area contributed by atoms with Crippen molar-refractivity contribution in [2.75, 3.05) is 0 Å². The molecule has 0 nitrogen and oxygen atoms in total. The fourth-order valence-corrected chi connectivity index (χ4v) is 3.69. The molecule has 0 N–H and O–H groups in total. The fraction of sp³-hybridized carbons (Fsp3) is 0.364. The van der Waals surface area contributed by atoms with E-state index in [0.717, 1.165) is 19.3 Å². The van der Waals surface area contributed by atoms with Crippen LogP contribution >= 0.6 is 0 Å². The molecule has 0 aromatic heterocycles. The summed E-state index contributed by atoms with van der Waals surface area (Å²) in [6.07, 6.45) is 5.91. The van der Waals surface area contributed by atoms with Crippen molar-refractivity contribution in [2.24, 2.45) is 0 Å². The highest BCUT2D eigenvalue weighted by Gasteiger charge is 2.31. The molecule has 26 heavy (non-hydrogen) atoms. The Kier molecular flexibility index (Phi) is 5.49. The van der Waals surface area contributed by atoms with E-state index in [1.165, 1.54) is 0 Å². The van der Waals surface area contributed by atoms with Gasteiger partial charge < -0.3 is 0 Å². The average Bonchev–Trinajstić information content (AvgIpc) is 2.99. The van der Waals surface area contributed by atoms with Crippen molar-refractivity contribution in [1.82, 2.24) is 0 Å². The van der Waals surface area contributed by atoms with Gasteiger partial charge in [0.25, 0.3) is 0 Å². The molecule has 0 atom stereocenters. The molecule has 2 aromatic rings. The summed E-state index contributed by atoms with van der Waals surface area (Å²) >= 11 is 0.